The lowest BCUT2D eigenvalue weighted by Gasteiger charge is -2.52. The predicted molar refractivity (Wildman–Crippen MR) is 142 cm³/mol. The number of hydrogen-bond donors (Lipinski definition) is 0. The fourth-order valence-electron chi connectivity index (χ4n) is 4.26. The molecule has 200 valence electrons. The molecule has 6 atom stereocenters. The van der Waals surface area contributed by atoms with Gasteiger partial charge in [0.05, 0.1) is 37.1 Å². The summed E-state index contributed by atoms with van der Waals surface area (Å²) in [6.07, 6.45) is 1.10. The van der Waals surface area contributed by atoms with Gasteiger partial charge >= 0.3 is 0 Å². The molecule has 0 saturated carbocycles. The molecule has 0 spiro atoms. The maximum Gasteiger partial charge on any atom is 0.192 e. The van der Waals surface area contributed by atoms with E-state index in [1.54, 1.807) is 0 Å². The monoisotopic (exact) mass is 516 g/mol. The van der Waals surface area contributed by atoms with Gasteiger partial charge in [-0.15, -0.1) is 0 Å². The van der Waals surface area contributed by atoms with Crippen molar-refractivity contribution in [3.8, 4) is 0 Å². The third-order valence-electron chi connectivity index (χ3n) is 8.48. The fourth-order valence-corrected chi connectivity index (χ4v) is 7.06. The highest BCUT2D eigenvalue weighted by Crippen LogP contribution is 2.45. The van der Waals surface area contributed by atoms with Crippen LogP contribution in [0.3, 0.4) is 0 Å². The first-order valence-corrected chi connectivity index (χ1v) is 18.8. The Labute approximate surface area is 211 Å². The van der Waals surface area contributed by atoms with Crippen LogP contribution in [0.2, 0.25) is 36.3 Å². The van der Waals surface area contributed by atoms with E-state index in [-0.39, 0.29) is 46.5 Å². The van der Waals surface area contributed by atoms with Crippen molar-refractivity contribution < 1.29 is 27.9 Å². The van der Waals surface area contributed by atoms with E-state index in [0.717, 1.165) is 6.29 Å². The number of aldehydes is 1. The van der Waals surface area contributed by atoms with Gasteiger partial charge in [0.25, 0.3) is 0 Å². The van der Waals surface area contributed by atoms with Gasteiger partial charge in [0.1, 0.15) is 6.29 Å². The second-order valence-corrected chi connectivity index (χ2v) is 23.4. The molecule has 0 aliphatic carbocycles. The summed E-state index contributed by atoms with van der Waals surface area (Å²) in [6, 6.07) is 0. The van der Waals surface area contributed by atoms with E-state index in [9.17, 15) is 4.79 Å². The van der Waals surface area contributed by atoms with Crippen LogP contribution in [0.25, 0.3) is 0 Å². The fraction of sp³-hybridized carbons (Fsp3) is 0.962. The molecule has 0 radical (unpaired) electrons. The molecule has 0 unspecified atom stereocenters. The number of ether oxygens (including phenoxy) is 3. The Morgan fingerprint density at radius 3 is 1.76 bits per heavy atom. The minimum atomic E-state index is -2.09. The van der Waals surface area contributed by atoms with Gasteiger partial charge in [-0.1, -0.05) is 48.5 Å². The van der Waals surface area contributed by atoms with Crippen LogP contribution in [-0.4, -0.2) is 65.8 Å². The van der Waals surface area contributed by atoms with Crippen LogP contribution in [0, 0.1) is 5.92 Å². The van der Waals surface area contributed by atoms with E-state index >= 15 is 0 Å². The standard InChI is InChI=1S/C26H52O6Si2/c1-18-22(31-33(10,11)24(2,3)4)20(14-15-27)29-21(16-19-17-28-26(8,9)30-19)23(18)32-34(12,13)25(5,6)7/h15,18-23H,14,16-17H2,1-13H3/t18-,19-,20+,21+,22-,23+/m1/s1. The van der Waals surface area contributed by atoms with Crippen LogP contribution < -0.4 is 0 Å². The highest BCUT2D eigenvalue weighted by molar-refractivity contribution is 6.74. The van der Waals surface area contributed by atoms with Crippen molar-refractivity contribution in [2.24, 2.45) is 5.92 Å². The molecule has 0 aromatic heterocycles. The molecule has 2 saturated heterocycles. The third-order valence-corrected chi connectivity index (χ3v) is 17.4. The van der Waals surface area contributed by atoms with E-state index in [4.69, 9.17) is 23.1 Å². The molecule has 0 N–H and O–H groups in total. The average molecular weight is 517 g/mol. The molecule has 0 bridgehead atoms. The summed E-state index contributed by atoms with van der Waals surface area (Å²) in [5.74, 6) is -0.501. The first kappa shape index (κ1) is 30.1. The Bertz CT molecular complexity index is 694. The van der Waals surface area contributed by atoms with E-state index < -0.39 is 22.4 Å². The molecule has 0 aromatic carbocycles. The number of rotatable bonds is 8. The van der Waals surface area contributed by atoms with Gasteiger partial charge in [-0.2, -0.15) is 0 Å². The van der Waals surface area contributed by atoms with Crippen molar-refractivity contribution >= 4 is 22.9 Å². The maximum absolute atomic E-state index is 11.7. The number of hydrogen-bond acceptors (Lipinski definition) is 6. The summed E-state index contributed by atoms with van der Waals surface area (Å²) in [5.41, 5.74) is 0. The van der Waals surface area contributed by atoms with E-state index in [2.05, 4.69) is 74.7 Å². The van der Waals surface area contributed by atoms with Crippen molar-refractivity contribution in [1.82, 2.24) is 0 Å². The first-order valence-electron chi connectivity index (χ1n) is 13.0. The van der Waals surface area contributed by atoms with Crippen molar-refractivity contribution in [3.63, 3.8) is 0 Å². The number of carbonyl (C=O) groups is 1. The van der Waals surface area contributed by atoms with Crippen molar-refractivity contribution in [2.75, 3.05) is 6.61 Å². The molecule has 2 rings (SSSR count). The van der Waals surface area contributed by atoms with Gasteiger partial charge in [0, 0.05) is 18.8 Å². The van der Waals surface area contributed by atoms with E-state index in [0.29, 0.717) is 19.4 Å². The smallest absolute Gasteiger partial charge is 0.192 e. The summed E-state index contributed by atoms with van der Waals surface area (Å²) >= 11 is 0. The van der Waals surface area contributed by atoms with Gasteiger partial charge in [0.2, 0.25) is 0 Å². The second-order valence-electron chi connectivity index (χ2n) is 13.8. The molecular weight excluding hydrogens is 464 g/mol. The zero-order valence-corrected chi connectivity index (χ0v) is 26.1. The van der Waals surface area contributed by atoms with Crippen LogP contribution in [0.4, 0.5) is 0 Å². The van der Waals surface area contributed by atoms with Gasteiger partial charge in [-0.05, 0) is 50.1 Å². The molecule has 2 fully saturated rings. The summed E-state index contributed by atoms with van der Waals surface area (Å²) in [6.45, 7) is 29.3. The SMILES string of the molecule is C[C@@H]1[C@@H](O[Si](C)(C)C(C)(C)C)[C@H](CC=O)O[C@@H](C[C@@H]2COC(C)(C)O2)[C@H]1O[Si](C)(C)C(C)(C)C. The second kappa shape index (κ2) is 10.3. The lowest BCUT2D eigenvalue weighted by Crippen LogP contribution is -2.61. The summed E-state index contributed by atoms with van der Waals surface area (Å²) in [4.78, 5) is 11.7. The molecule has 8 heteroatoms. The normalized spacial score (nSPS) is 33.2. The summed E-state index contributed by atoms with van der Waals surface area (Å²) in [5, 5.41) is 0.132. The van der Waals surface area contributed by atoms with Gasteiger partial charge < -0.3 is 27.9 Å². The quantitative estimate of drug-likeness (QED) is 0.279. The largest absolute Gasteiger partial charge is 0.411 e. The predicted octanol–water partition coefficient (Wildman–Crippen LogP) is 6.30. The zero-order chi connectivity index (χ0) is 26.3. The minimum Gasteiger partial charge on any atom is -0.411 e. The first-order chi connectivity index (χ1) is 15.2. The molecule has 2 aliphatic rings. The van der Waals surface area contributed by atoms with Gasteiger partial charge in [0.15, 0.2) is 22.4 Å². The summed E-state index contributed by atoms with van der Waals surface area (Å²) in [7, 11) is -4.18. The molecular formula is C26H52O6Si2. The Morgan fingerprint density at radius 2 is 1.38 bits per heavy atom. The molecule has 2 aliphatic heterocycles. The molecule has 34 heavy (non-hydrogen) atoms. The van der Waals surface area contributed by atoms with Crippen LogP contribution in [0.5, 0.6) is 0 Å². The van der Waals surface area contributed by atoms with Crippen molar-refractivity contribution in [2.45, 2.75) is 148 Å². The van der Waals surface area contributed by atoms with Crippen molar-refractivity contribution in [3.05, 3.63) is 0 Å². The van der Waals surface area contributed by atoms with Gasteiger partial charge in [-0.25, -0.2) is 0 Å². The van der Waals surface area contributed by atoms with Crippen LogP contribution >= 0.6 is 0 Å². The molecule has 6 nitrogen and oxygen atoms in total. The van der Waals surface area contributed by atoms with E-state index in [1.807, 2.05) is 13.8 Å². The van der Waals surface area contributed by atoms with E-state index in [1.165, 1.54) is 0 Å². The third kappa shape index (κ3) is 7.02. The lowest BCUT2D eigenvalue weighted by molar-refractivity contribution is -0.200. The highest BCUT2D eigenvalue weighted by atomic mass is 28.4. The Balaban J connectivity index is 2.40. The Kier molecular flexibility index (Phi) is 9.17. The van der Waals surface area contributed by atoms with Gasteiger partial charge in [-0.3, -0.25) is 0 Å². The average Bonchev–Trinajstić information content (AvgIpc) is 2.98. The van der Waals surface area contributed by atoms with Crippen LogP contribution in [0.1, 0.15) is 75.2 Å². The minimum absolute atomic E-state index is 0.0612. The molecule has 2 heterocycles. The topological polar surface area (TPSA) is 63.2 Å². The molecule has 0 amide bonds. The maximum atomic E-state index is 11.7. The Hall–Kier alpha value is -0.0962. The highest BCUT2D eigenvalue weighted by Gasteiger charge is 2.52. The molecule has 0 aromatic rings. The van der Waals surface area contributed by atoms with Crippen LogP contribution in [-0.2, 0) is 27.9 Å². The zero-order valence-electron chi connectivity index (χ0n) is 24.1. The number of carbonyl (C=O) groups excluding carboxylic acids is 1. The van der Waals surface area contributed by atoms with Crippen LogP contribution in [0.15, 0.2) is 0 Å². The Morgan fingerprint density at radius 1 is 0.912 bits per heavy atom. The van der Waals surface area contributed by atoms with Crippen molar-refractivity contribution in [1.29, 1.82) is 0 Å². The lowest BCUT2D eigenvalue weighted by atomic mass is 9.85. The summed E-state index contributed by atoms with van der Waals surface area (Å²) < 4.78 is 32.7.